The highest BCUT2D eigenvalue weighted by molar-refractivity contribution is 6.08. The molecule has 0 saturated heterocycles. The molecule has 124 valence electrons. The van der Waals surface area contributed by atoms with E-state index in [1.807, 2.05) is 42.5 Å². The molecule has 0 atom stereocenters. The van der Waals surface area contributed by atoms with Gasteiger partial charge in [-0.15, -0.1) is 0 Å². The van der Waals surface area contributed by atoms with Crippen molar-refractivity contribution in [1.29, 1.82) is 0 Å². The van der Waals surface area contributed by atoms with Gasteiger partial charge < -0.3 is 10.2 Å². The van der Waals surface area contributed by atoms with Crippen molar-refractivity contribution in [2.75, 3.05) is 0 Å². The molecule has 0 amide bonds. The van der Waals surface area contributed by atoms with Crippen LogP contribution in [0.1, 0.15) is 27.0 Å². The fourth-order valence-electron chi connectivity index (χ4n) is 2.64. The Bertz CT molecular complexity index is 912. The van der Waals surface area contributed by atoms with Crippen LogP contribution in [0.5, 0.6) is 11.5 Å². The maximum absolute atomic E-state index is 12.2. The molecule has 0 unspecified atom stereocenters. The topological polar surface area (TPSA) is 57.5 Å². The average molecular weight is 330 g/mol. The van der Waals surface area contributed by atoms with Gasteiger partial charge in [-0.05, 0) is 35.4 Å². The maximum atomic E-state index is 12.2. The van der Waals surface area contributed by atoms with Gasteiger partial charge in [-0.3, -0.25) is 4.79 Å². The van der Waals surface area contributed by atoms with Crippen molar-refractivity contribution in [3.8, 4) is 11.5 Å². The molecule has 0 spiro atoms. The summed E-state index contributed by atoms with van der Waals surface area (Å²) in [4.78, 5) is 12.2. The molecule has 0 aromatic heterocycles. The minimum absolute atomic E-state index is 0.0563. The van der Waals surface area contributed by atoms with E-state index in [0.29, 0.717) is 12.0 Å². The normalized spacial score (nSPS) is 10.9. The summed E-state index contributed by atoms with van der Waals surface area (Å²) in [5.74, 6) is -0.210. The zero-order valence-corrected chi connectivity index (χ0v) is 13.6. The third kappa shape index (κ3) is 3.96. The van der Waals surface area contributed by atoms with E-state index in [-0.39, 0.29) is 22.8 Å². The molecular formula is C22H18O3. The molecule has 2 N–H and O–H groups in total. The highest BCUT2D eigenvalue weighted by atomic mass is 16.3. The summed E-state index contributed by atoms with van der Waals surface area (Å²) < 4.78 is 0. The van der Waals surface area contributed by atoms with Crippen LogP contribution >= 0.6 is 0 Å². The first-order chi connectivity index (χ1) is 12.1. The second kappa shape index (κ2) is 7.49. The minimum atomic E-state index is -0.314. The van der Waals surface area contributed by atoms with Crippen LogP contribution in [0.2, 0.25) is 0 Å². The van der Waals surface area contributed by atoms with E-state index in [1.165, 1.54) is 12.1 Å². The summed E-state index contributed by atoms with van der Waals surface area (Å²) in [7, 11) is 0. The minimum Gasteiger partial charge on any atom is -0.507 e. The molecule has 3 rings (SSSR count). The molecule has 0 aliphatic rings. The molecule has 0 aliphatic carbocycles. The quantitative estimate of drug-likeness (QED) is 0.531. The summed E-state index contributed by atoms with van der Waals surface area (Å²) in [6, 6.07) is 21.7. The lowest BCUT2D eigenvalue weighted by Crippen LogP contribution is -1.94. The van der Waals surface area contributed by atoms with Gasteiger partial charge in [-0.1, -0.05) is 60.7 Å². The SMILES string of the molecule is O=C(/C=C/c1cccc(Cc2ccccc2)c1O)c1ccccc1O. The molecular weight excluding hydrogens is 312 g/mol. The predicted octanol–water partition coefficient (Wildman–Crippen LogP) is 4.58. The van der Waals surface area contributed by atoms with Crippen molar-refractivity contribution in [1.82, 2.24) is 0 Å². The second-order valence-electron chi connectivity index (χ2n) is 5.73. The molecule has 3 aromatic rings. The van der Waals surface area contributed by atoms with Crippen molar-refractivity contribution in [3.05, 3.63) is 101 Å². The Morgan fingerprint density at radius 2 is 1.56 bits per heavy atom. The van der Waals surface area contributed by atoms with Gasteiger partial charge in [0.2, 0.25) is 0 Å². The van der Waals surface area contributed by atoms with Gasteiger partial charge in [0.25, 0.3) is 0 Å². The lowest BCUT2D eigenvalue weighted by atomic mass is 10.0. The number of phenols is 2. The van der Waals surface area contributed by atoms with E-state index in [9.17, 15) is 15.0 Å². The van der Waals surface area contributed by atoms with Crippen LogP contribution in [0.4, 0.5) is 0 Å². The maximum Gasteiger partial charge on any atom is 0.189 e. The number of phenolic OH excluding ortho intramolecular Hbond substituents is 2. The van der Waals surface area contributed by atoms with Crippen molar-refractivity contribution in [3.63, 3.8) is 0 Å². The smallest absolute Gasteiger partial charge is 0.189 e. The predicted molar refractivity (Wildman–Crippen MR) is 98.8 cm³/mol. The first-order valence-corrected chi connectivity index (χ1v) is 8.00. The standard InChI is InChI=1S/C22H18O3/c23-20-12-5-4-11-19(20)21(24)14-13-17-9-6-10-18(22(17)25)15-16-7-2-1-3-8-16/h1-14,23,25H,15H2/b14-13+. The lowest BCUT2D eigenvalue weighted by molar-refractivity contribution is 0.104. The number of hydrogen-bond donors (Lipinski definition) is 2. The van der Waals surface area contributed by atoms with Crippen molar-refractivity contribution >= 4 is 11.9 Å². The summed E-state index contributed by atoms with van der Waals surface area (Å²) in [5.41, 5.74) is 2.70. The molecule has 0 heterocycles. The molecule has 0 fully saturated rings. The molecule has 0 aliphatic heterocycles. The van der Waals surface area contributed by atoms with Crippen molar-refractivity contribution < 1.29 is 15.0 Å². The van der Waals surface area contributed by atoms with Gasteiger partial charge >= 0.3 is 0 Å². The molecule has 3 nitrogen and oxygen atoms in total. The number of rotatable bonds is 5. The van der Waals surface area contributed by atoms with Crippen LogP contribution in [0.3, 0.4) is 0 Å². The second-order valence-corrected chi connectivity index (χ2v) is 5.73. The Balaban J connectivity index is 1.82. The number of hydrogen-bond acceptors (Lipinski definition) is 3. The number of aromatic hydroxyl groups is 2. The highest BCUT2D eigenvalue weighted by Crippen LogP contribution is 2.26. The third-order valence-corrected chi connectivity index (χ3v) is 3.97. The lowest BCUT2D eigenvalue weighted by Gasteiger charge is -2.07. The Labute approximate surface area is 146 Å². The fourth-order valence-corrected chi connectivity index (χ4v) is 2.64. The van der Waals surface area contributed by atoms with Crippen LogP contribution in [-0.2, 0) is 6.42 Å². The number of ketones is 1. The van der Waals surface area contributed by atoms with Gasteiger partial charge in [0.15, 0.2) is 5.78 Å². The molecule has 25 heavy (non-hydrogen) atoms. The van der Waals surface area contributed by atoms with Gasteiger partial charge in [-0.2, -0.15) is 0 Å². The monoisotopic (exact) mass is 330 g/mol. The third-order valence-electron chi connectivity index (χ3n) is 3.97. The van der Waals surface area contributed by atoms with Crippen LogP contribution in [0.25, 0.3) is 6.08 Å². The van der Waals surface area contributed by atoms with Gasteiger partial charge in [0.05, 0.1) is 5.56 Å². The number of carbonyl (C=O) groups is 1. The fraction of sp³-hybridized carbons (Fsp3) is 0.0455. The van der Waals surface area contributed by atoms with Gasteiger partial charge in [0.1, 0.15) is 11.5 Å². The average Bonchev–Trinajstić information content (AvgIpc) is 2.63. The molecule has 3 aromatic carbocycles. The number of para-hydroxylation sites is 2. The van der Waals surface area contributed by atoms with Crippen molar-refractivity contribution in [2.45, 2.75) is 6.42 Å². The molecule has 0 bridgehead atoms. The Hall–Kier alpha value is -3.33. The van der Waals surface area contributed by atoms with Crippen molar-refractivity contribution in [2.24, 2.45) is 0 Å². The zero-order valence-electron chi connectivity index (χ0n) is 13.6. The molecule has 0 radical (unpaired) electrons. The number of allylic oxidation sites excluding steroid dienone is 1. The summed E-state index contributed by atoms with van der Waals surface area (Å²) in [6.45, 7) is 0. The van der Waals surface area contributed by atoms with Crippen LogP contribution in [0, 0.1) is 0 Å². The van der Waals surface area contributed by atoms with E-state index in [4.69, 9.17) is 0 Å². The van der Waals surface area contributed by atoms with E-state index in [0.717, 1.165) is 11.1 Å². The number of benzene rings is 3. The van der Waals surface area contributed by atoms with Crippen LogP contribution in [-0.4, -0.2) is 16.0 Å². The zero-order chi connectivity index (χ0) is 17.6. The highest BCUT2D eigenvalue weighted by Gasteiger charge is 2.09. The first kappa shape index (κ1) is 16.5. The van der Waals surface area contributed by atoms with Crippen LogP contribution in [0.15, 0.2) is 78.9 Å². The summed E-state index contributed by atoms with van der Waals surface area (Å²) >= 11 is 0. The van der Waals surface area contributed by atoms with E-state index < -0.39 is 0 Å². The summed E-state index contributed by atoms with van der Waals surface area (Å²) in [6.07, 6.45) is 3.54. The largest absolute Gasteiger partial charge is 0.507 e. The first-order valence-electron chi connectivity index (χ1n) is 8.00. The van der Waals surface area contributed by atoms with E-state index in [1.54, 1.807) is 30.3 Å². The molecule has 0 saturated carbocycles. The van der Waals surface area contributed by atoms with E-state index >= 15 is 0 Å². The van der Waals surface area contributed by atoms with Gasteiger partial charge in [-0.25, -0.2) is 0 Å². The Morgan fingerprint density at radius 1 is 0.840 bits per heavy atom. The molecule has 3 heteroatoms. The number of carbonyl (C=O) groups excluding carboxylic acids is 1. The Kier molecular flexibility index (Phi) is 4.95. The Morgan fingerprint density at radius 3 is 2.32 bits per heavy atom. The van der Waals surface area contributed by atoms with E-state index in [2.05, 4.69) is 0 Å². The van der Waals surface area contributed by atoms with Crippen LogP contribution < -0.4 is 0 Å². The van der Waals surface area contributed by atoms with Gasteiger partial charge in [0, 0.05) is 12.0 Å². The summed E-state index contributed by atoms with van der Waals surface area (Å²) in [5, 5.41) is 20.2.